The van der Waals surface area contributed by atoms with E-state index in [4.69, 9.17) is 4.74 Å². The van der Waals surface area contributed by atoms with Crippen LogP contribution in [-0.4, -0.2) is 48.5 Å². The highest BCUT2D eigenvalue weighted by Crippen LogP contribution is 2.17. The summed E-state index contributed by atoms with van der Waals surface area (Å²) in [6, 6.07) is 14.6. The average Bonchev–Trinajstić information content (AvgIpc) is 2.72. The first-order chi connectivity index (χ1) is 14.1. The summed E-state index contributed by atoms with van der Waals surface area (Å²) in [5, 5.41) is 8.23. The molecule has 0 unspecified atom stereocenters. The molecule has 1 atom stereocenters. The molecule has 8 nitrogen and oxygen atoms in total. The number of amides is 4. The Hall–Kier alpha value is -3.55. The molecule has 1 fully saturated rings. The lowest BCUT2D eigenvalue weighted by atomic mass is 10.1. The number of carbonyl (C=O) groups excluding carboxylic acids is 3. The van der Waals surface area contributed by atoms with Gasteiger partial charge >= 0.3 is 6.03 Å². The van der Waals surface area contributed by atoms with E-state index in [2.05, 4.69) is 16.0 Å². The summed E-state index contributed by atoms with van der Waals surface area (Å²) in [5.41, 5.74) is 1.22. The summed E-state index contributed by atoms with van der Waals surface area (Å²) in [4.78, 5) is 38.9. The van der Waals surface area contributed by atoms with Crippen molar-refractivity contribution in [2.75, 3.05) is 30.3 Å². The first-order valence-electron chi connectivity index (χ1n) is 9.50. The highest BCUT2D eigenvalue weighted by Gasteiger charge is 2.34. The Kier molecular flexibility index (Phi) is 6.67. The predicted octanol–water partition coefficient (Wildman–Crippen LogP) is 2.45. The standard InChI is InChI=1S/C21H24N4O4/c1-2-29-17-10-8-16(9-11-17)23-19(26)14-18-20(27)22-12-13-25(18)21(28)24-15-6-4-3-5-7-15/h3-11,18H,2,12-14H2,1H3,(H,22,27)(H,23,26)(H,24,28)/t18-/m1/s1. The van der Waals surface area contributed by atoms with Crippen LogP contribution in [0.2, 0.25) is 0 Å². The Bertz CT molecular complexity index is 855. The molecule has 0 saturated carbocycles. The fourth-order valence-electron chi connectivity index (χ4n) is 3.07. The fourth-order valence-corrected chi connectivity index (χ4v) is 3.07. The highest BCUT2D eigenvalue weighted by atomic mass is 16.5. The van der Waals surface area contributed by atoms with Gasteiger partial charge in [0.1, 0.15) is 11.8 Å². The maximum atomic E-state index is 12.7. The lowest BCUT2D eigenvalue weighted by molar-refractivity contribution is -0.130. The molecule has 0 bridgehead atoms. The molecule has 3 N–H and O–H groups in total. The zero-order valence-corrected chi connectivity index (χ0v) is 16.2. The molecule has 0 spiro atoms. The molecule has 0 aromatic heterocycles. The monoisotopic (exact) mass is 396 g/mol. The van der Waals surface area contributed by atoms with Gasteiger partial charge in [-0.3, -0.25) is 9.59 Å². The van der Waals surface area contributed by atoms with Gasteiger partial charge in [-0.25, -0.2) is 4.79 Å². The number of hydrogen-bond acceptors (Lipinski definition) is 4. The van der Waals surface area contributed by atoms with Gasteiger partial charge in [-0.05, 0) is 43.3 Å². The molecule has 4 amide bonds. The lowest BCUT2D eigenvalue weighted by Gasteiger charge is -2.34. The zero-order valence-electron chi connectivity index (χ0n) is 16.2. The number of hydrogen-bond donors (Lipinski definition) is 3. The van der Waals surface area contributed by atoms with Crippen LogP contribution < -0.4 is 20.7 Å². The van der Waals surface area contributed by atoms with Crippen LogP contribution in [0.25, 0.3) is 0 Å². The van der Waals surface area contributed by atoms with Gasteiger partial charge in [-0.15, -0.1) is 0 Å². The zero-order chi connectivity index (χ0) is 20.6. The number of anilines is 2. The third kappa shape index (κ3) is 5.47. The molecule has 8 heteroatoms. The maximum Gasteiger partial charge on any atom is 0.322 e. The first-order valence-corrected chi connectivity index (χ1v) is 9.50. The third-order valence-electron chi connectivity index (χ3n) is 4.44. The van der Waals surface area contributed by atoms with E-state index in [1.54, 1.807) is 48.5 Å². The van der Waals surface area contributed by atoms with Gasteiger partial charge in [0.25, 0.3) is 0 Å². The summed E-state index contributed by atoms with van der Waals surface area (Å²) in [5.74, 6) is 0.0101. The third-order valence-corrected chi connectivity index (χ3v) is 4.44. The predicted molar refractivity (Wildman–Crippen MR) is 110 cm³/mol. The number of rotatable bonds is 6. The van der Waals surface area contributed by atoms with Gasteiger partial charge in [0, 0.05) is 24.5 Å². The Morgan fingerprint density at radius 1 is 1.07 bits per heavy atom. The molecule has 29 heavy (non-hydrogen) atoms. The molecule has 1 heterocycles. The van der Waals surface area contributed by atoms with Crippen molar-refractivity contribution in [1.29, 1.82) is 0 Å². The van der Waals surface area contributed by atoms with Crippen LogP contribution in [0.5, 0.6) is 5.75 Å². The van der Waals surface area contributed by atoms with E-state index in [-0.39, 0.29) is 18.2 Å². The second-order valence-electron chi connectivity index (χ2n) is 6.51. The lowest BCUT2D eigenvalue weighted by Crippen LogP contribution is -2.59. The van der Waals surface area contributed by atoms with Crippen molar-refractivity contribution in [3.63, 3.8) is 0 Å². The Labute approximate surface area is 169 Å². The molecule has 1 aliphatic heterocycles. The van der Waals surface area contributed by atoms with Crippen LogP contribution in [0, 0.1) is 0 Å². The smallest absolute Gasteiger partial charge is 0.322 e. The quantitative estimate of drug-likeness (QED) is 0.698. The van der Waals surface area contributed by atoms with Gasteiger partial charge in [-0.2, -0.15) is 0 Å². The Morgan fingerprint density at radius 3 is 2.45 bits per heavy atom. The van der Waals surface area contributed by atoms with Crippen molar-refractivity contribution in [3.05, 3.63) is 54.6 Å². The molecule has 2 aromatic rings. The van der Waals surface area contributed by atoms with Crippen molar-refractivity contribution in [3.8, 4) is 5.75 Å². The Balaban J connectivity index is 1.63. The largest absolute Gasteiger partial charge is 0.494 e. The molecule has 0 aliphatic carbocycles. The molecule has 152 valence electrons. The second-order valence-corrected chi connectivity index (χ2v) is 6.51. The van der Waals surface area contributed by atoms with E-state index >= 15 is 0 Å². The average molecular weight is 396 g/mol. The minimum atomic E-state index is -0.879. The number of benzene rings is 2. The molecular formula is C21H24N4O4. The fraction of sp³-hybridized carbons (Fsp3) is 0.286. The van der Waals surface area contributed by atoms with E-state index in [0.29, 0.717) is 36.8 Å². The molecular weight excluding hydrogens is 372 g/mol. The number of nitrogens with one attached hydrogen (secondary N) is 3. The summed E-state index contributed by atoms with van der Waals surface area (Å²) in [6.45, 7) is 3.12. The van der Waals surface area contributed by atoms with Gasteiger partial charge < -0.3 is 25.6 Å². The van der Waals surface area contributed by atoms with Gasteiger partial charge in [-0.1, -0.05) is 18.2 Å². The minimum Gasteiger partial charge on any atom is -0.494 e. The van der Waals surface area contributed by atoms with Crippen molar-refractivity contribution >= 4 is 29.2 Å². The van der Waals surface area contributed by atoms with Crippen LogP contribution in [0.1, 0.15) is 13.3 Å². The summed E-state index contributed by atoms with van der Waals surface area (Å²) in [6.07, 6.45) is -0.138. The topological polar surface area (TPSA) is 99.8 Å². The van der Waals surface area contributed by atoms with Crippen LogP contribution in [0.4, 0.5) is 16.2 Å². The molecule has 1 aliphatic rings. The number of carbonyl (C=O) groups is 3. The van der Waals surface area contributed by atoms with Gasteiger partial charge in [0.2, 0.25) is 11.8 Å². The number of ether oxygens (including phenoxy) is 1. The van der Waals surface area contributed by atoms with Crippen LogP contribution >= 0.6 is 0 Å². The van der Waals surface area contributed by atoms with E-state index in [1.165, 1.54) is 4.90 Å². The van der Waals surface area contributed by atoms with Crippen LogP contribution in [0.15, 0.2) is 54.6 Å². The van der Waals surface area contributed by atoms with E-state index < -0.39 is 12.1 Å². The molecule has 2 aromatic carbocycles. The van der Waals surface area contributed by atoms with Crippen molar-refractivity contribution in [2.24, 2.45) is 0 Å². The minimum absolute atomic E-state index is 0.138. The number of nitrogens with zero attached hydrogens (tertiary/aromatic N) is 1. The SMILES string of the molecule is CCOc1ccc(NC(=O)C[C@@H]2C(=O)NCCN2C(=O)Nc2ccccc2)cc1. The van der Waals surface area contributed by atoms with E-state index in [9.17, 15) is 14.4 Å². The van der Waals surface area contributed by atoms with E-state index in [1.807, 2.05) is 13.0 Å². The first kappa shape index (κ1) is 20.2. The maximum absolute atomic E-state index is 12.7. The molecule has 3 rings (SSSR count). The van der Waals surface area contributed by atoms with Gasteiger partial charge in [0.15, 0.2) is 0 Å². The van der Waals surface area contributed by atoms with Crippen molar-refractivity contribution < 1.29 is 19.1 Å². The molecule has 1 saturated heterocycles. The normalized spacial score (nSPS) is 16.0. The summed E-state index contributed by atoms with van der Waals surface area (Å²) in [7, 11) is 0. The summed E-state index contributed by atoms with van der Waals surface area (Å²) < 4.78 is 5.37. The van der Waals surface area contributed by atoms with Crippen molar-refractivity contribution in [1.82, 2.24) is 10.2 Å². The van der Waals surface area contributed by atoms with Gasteiger partial charge in [0.05, 0.1) is 13.0 Å². The van der Waals surface area contributed by atoms with Crippen LogP contribution in [0.3, 0.4) is 0 Å². The second kappa shape index (κ2) is 9.59. The summed E-state index contributed by atoms with van der Waals surface area (Å²) >= 11 is 0. The van der Waals surface area contributed by atoms with Crippen molar-refractivity contribution in [2.45, 2.75) is 19.4 Å². The van der Waals surface area contributed by atoms with E-state index in [0.717, 1.165) is 0 Å². The number of piperazine rings is 1. The Morgan fingerprint density at radius 2 is 1.76 bits per heavy atom. The number of para-hydroxylation sites is 1. The number of urea groups is 1. The highest BCUT2D eigenvalue weighted by molar-refractivity contribution is 5.99. The molecule has 0 radical (unpaired) electrons. The van der Waals surface area contributed by atoms with Crippen LogP contribution in [-0.2, 0) is 9.59 Å².